The van der Waals surface area contributed by atoms with Crippen LogP contribution in [-0.4, -0.2) is 36.2 Å². The number of rotatable bonds is 3. The smallest absolute Gasteiger partial charge is 0.223 e. The average Bonchev–Trinajstić information content (AvgIpc) is 2.91. The number of nitrogens with one attached hydrogen (secondary N) is 2. The van der Waals surface area contributed by atoms with Gasteiger partial charge in [0.05, 0.1) is 5.60 Å². The minimum atomic E-state index is -0.725. The summed E-state index contributed by atoms with van der Waals surface area (Å²) in [6, 6.07) is 0. The molecule has 0 spiro atoms. The van der Waals surface area contributed by atoms with Crippen molar-refractivity contribution in [2.45, 2.75) is 57.0 Å². The van der Waals surface area contributed by atoms with Gasteiger partial charge in [-0.1, -0.05) is 25.7 Å². The molecule has 1 heterocycles. The van der Waals surface area contributed by atoms with Crippen LogP contribution in [0.15, 0.2) is 0 Å². The van der Waals surface area contributed by atoms with Crippen molar-refractivity contribution in [3.05, 3.63) is 0 Å². The van der Waals surface area contributed by atoms with Crippen molar-refractivity contribution in [3.63, 3.8) is 0 Å². The highest BCUT2D eigenvalue weighted by Crippen LogP contribution is 2.42. The van der Waals surface area contributed by atoms with Gasteiger partial charge in [-0.3, -0.25) is 4.79 Å². The van der Waals surface area contributed by atoms with E-state index >= 15 is 0 Å². The summed E-state index contributed by atoms with van der Waals surface area (Å²) in [5.74, 6) is 2.03. The van der Waals surface area contributed by atoms with Gasteiger partial charge in [-0.2, -0.15) is 0 Å². The van der Waals surface area contributed by atoms with Gasteiger partial charge in [0.25, 0.3) is 0 Å². The van der Waals surface area contributed by atoms with E-state index in [1.807, 2.05) is 0 Å². The Morgan fingerprint density at radius 1 is 1.20 bits per heavy atom. The van der Waals surface area contributed by atoms with Crippen molar-refractivity contribution in [2.75, 3.05) is 19.6 Å². The summed E-state index contributed by atoms with van der Waals surface area (Å²) in [5, 5.41) is 16.4. The van der Waals surface area contributed by atoms with Gasteiger partial charge in [0.2, 0.25) is 5.91 Å². The number of β-amino-alcohol motifs (C(OH)–C–C–N with tert-alkyl or cyclic N) is 1. The topological polar surface area (TPSA) is 61.4 Å². The van der Waals surface area contributed by atoms with Crippen LogP contribution in [0.3, 0.4) is 0 Å². The molecular formula is C16H28N2O2. The fourth-order valence-corrected chi connectivity index (χ4v) is 4.39. The van der Waals surface area contributed by atoms with Gasteiger partial charge in [0, 0.05) is 19.0 Å². The summed E-state index contributed by atoms with van der Waals surface area (Å²) in [5.41, 5.74) is -0.725. The highest BCUT2D eigenvalue weighted by molar-refractivity contribution is 5.78. The van der Waals surface area contributed by atoms with Crippen molar-refractivity contribution in [3.8, 4) is 0 Å². The summed E-state index contributed by atoms with van der Waals surface area (Å²) < 4.78 is 0. The maximum absolute atomic E-state index is 12.3. The molecule has 0 radical (unpaired) electrons. The Labute approximate surface area is 121 Å². The largest absolute Gasteiger partial charge is 0.387 e. The number of aliphatic hydroxyl groups is 1. The van der Waals surface area contributed by atoms with Gasteiger partial charge in [0.15, 0.2) is 0 Å². The van der Waals surface area contributed by atoms with E-state index < -0.39 is 5.60 Å². The lowest BCUT2D eigenvalue weighted by Crippen LogP contribution is -2.47. The zero-order chi connectivity index (χ0) is 14.0. The van der Waals surface area contributed by atoms with Crippen LogP contribution in [0.4, 0.5) is 0 Å². The number of amides is 1. The predicted octanol–water partition coefficient (Wildman–Crippen LogP) is 1.43. The fraction of sp³-hybridized carbons (Fsp3) is 0.938. The van der Waals surface area contributed by atoms with Crippen molar-refractivity contribution >= 4 is 5.91 Å². The molecule has 114 valence electrons. The summed E-state index contributed by atoms with van der Waals surface area (Å²) >= 11 is 0. The van der Waals surface area contributed by atoms with E-state index in [4.69, 9.17) is 0 Å². The van der Waals surface area contributed by atoms with Crippen LogP contribution in [0.25, 0.3) is 0 Å². The van der Waals surface area contributed by atoms with E-state index in [2.05, 4.69) is 10.6 Å². The first-order valence-electron chi connectivity index (χ1n) is 8.37. The molecule has 3 aliphatic rings. The molecular weight excluding hydrogens is 252 g/mol. The third-order valence-corrected chi connectivity index (χ3v) is 5.72. The molecule has 0 bridgehead atoms. The quantitative estimate of drug-likeness (QED) is 0.733. The van der Waals surface area contributed by atoms with Gasteiger partial charge in [0.1, 0.15) is 0 Å². The van der Waals surface area contributed by atoms with Crippen LogP contribution in [-0.2, 0) is 4.79 Å². The molecule has 20 heavy (non-hydrogen) atoms. The minimum Gasteiger partial charge on any atom is -0.387 e. The van der Waals surface area contributed by atoms with Crippen LogP contribution in [0.5, 0.6) is 0 Å². The average molecular weight is 280 g/mol. The van der Waals surface area contributed by atoms with E-state index in [9.17, 15) is 9.90 Å². The lowest BCUT2D eigenvalue weighted by molar-refractivity contribution is -0.128. The van der Waals surface area contributed by atoms with Gasteiger partial charge < -0.3 is 15.7 Å². The Bertz CT molecular complexity index is 352. The Morgan fingerprint density at radius 3 is 2.75 bits per heavy atom. The van der Waals surface area contributed by atoms with Gasteiger partial charge in [-0.15, -0.1) is 0 Å². The van der Waals surface area contributed by atoms with Crippen molar-refractivity contribution in [2.24, 2.45) is 17.8 Å². The standard InChI is InChI=1S/C16H28N2O2/c19-15(18-11-16(20)7-8-17-10-16)14-6-5-12-3-1-2-4-13(12)9-14/h12-14,17,20H,1-11H2,(H,18,19). The molecule has 1 saturated heterocycles. The van der Waals surface area contributed by atoms with Crippen LogP contribution in [0, 0.1) is 17.8 Å². The van der Waals surface area contributed by atoms with E-state index in [1.54, 1.807) is 0 Å². The molecule has 1 amide bonds. The molecule has 2 saturated carbocycles. The fourth-order valence-electron chi connectivity index (χ4n) is 4.39. The summed E-state index contributed by atoms with van der Waals surface area (Å²) in [6.07, 6.45) is 9.53. The predicted molar refractivity (Wildman–Crippen MR) is 78.2 cm³/mol. The van der Waals surface area contributed by atoms with E-state index in [1.165, 1.54) is 32.1 Å². The Kier molecular flexibility index (Phi) is 4.32. The zero-order valence-corrected chi connectivity index (χ0v) is 12.4. The first-order chi connectivity index (χ1) is 9.66. The molecule has 4 unspecified atom stereocenters. The lowest BCUT2D eigenvalue weighted by Gasteiger charge is -2.39. The highest BCUT2D eigenvalue weighted by atomic mass is 16.3. The molecule has 0 aromatic heterocycles. The normalized spacial score (nSPS) is 41.1. The summed E-state index contributed by atoms with van der Waals surface area (Å²) in [4.78, 5) is 12.3. The first kappa shape index (κ1) is 14.3. The van der Waals surface area contributed by atoms with E-state index in [-0.39, 0.29) is 11.8 Å². The highest BCUT2D eigenvalue weighted by Gasteiger charge is 2.36. The molecule has 4 atom stereocenters. The Balaban J connectivity index is 1.47. The number of carbonyl (C=O) groups excluding carboxylic acids is 1. The van der Waals surface area contributed by atoms with Crippen molar-refractivity contribution in [1.29, 1.82) is 0 Å². The van der Waals surface area contributed by atoms with Gasteiger partial charge >= 0.3 is 0 Å². The molecule has 3 rings (SSSR count). The SMILES string of the molecule is O=C(NCC1(O)CCNC1)C1CCC2CCCCC2C1. The molecule has 3 fully saturated rings. The second-order valence-electron chi connectivity index (χ2n) is 7.18. The van der Waals surface area contributed by atoms with Crippen LogP contribution in [0.2, 0.25) is 0 Å². The lowest BCUT2D eigenvalue weighted by atomic mass is 9.67. The first-order valence-corrected chi connectivity index (χ1v) is 8.37. The van der Waals surface area contributed by atoms with Gasteiger partial charge in [-0.05, 0) is 44.1 Å². The second-order valence-corrected chi connectivity index (χ2v) is 7.18. The molecule has 4 heteroatoms. The van der Waals surface area contributed by atoms with Crippen LogP contribution >= 0.6 is 0 Å². The molecule has 3 N–H and O–H groups in total. The number of carbonyl (C=O) groups is 1. The third kappa shape index (κ3) is 3.17. The van der Waals surface area contributed by atoms with Crippen LogP contribution in [0.1, 0.15) is 51.4 Å². The summed E-state index contributed by atoms with van der Waals surface area (Å²) in [7, 11) is 0. The van der Waals surface area contributed by atoms with E-state index in [0.717, 1.165) is 37.6 Å². The second kappa shape index (κ2) is 6.02. The zero-order valence-electron chi connectivity index (χ0n) is 12.4. The Morgan fingerprint density at radius 2 is 2.00 bits per heavy atom. The van der Waals surface area contributed by atoms with Crippen molar-refractivity contribution < 1.29 is 9.90 Å². The molecule has 1 aliphatic heterocycles. The van der Waals surface area contributed by atoms with Crippen molar-refractivity contribution in [1.82, 2.24) is 10.6 Å². The van der Waals surface area contributed by atoms with E-state index in [0.29, 0.717) is 13.1 Å². The Hall–Kier alpha value is -0.610. The monoisotopic (exact) mass is 280 g/mol. The molecule has 0 aromatic carbocycles. The van der Waals surface area contributed by atoms with Crippen LogP contribution < -0.4 is 10.6 Å². The summed E-state index contributed by atoms with van der Waals surface area (Å²) in [6.45, 7) is 1.85. The number of hydrogen-bond acceptors (Lipinski definition) is 3. The third-order valence-electron chi connectivity index (χ3n) is 5.72. The maximum atomic E-state index is 12.3. The van der Waals surface area contributed by atoms with Gasteiger partial charge in [-0.25, -0.2) is 0 Å². The number of hydrogen-bond donors (Lipinski definition) is 3. The molecule has 2 aliphatic carbocycles. The number of fused-ring (bicyclic) bond motifs is 1. The maximum Gasteiger partial charge on any atom is 0.223 e. The minimum absolute atomic E-state index is 0.175. The molecule has 0 aromatic rings. The molecule has 4 nitrogen and oxygen atoms in total.